The zero-order valence-corrected chi connectivity index (χ0v) is 11.4. The minimum Gasteiger partial charge on any atom is -0.293 e. The molecule has 1 aromatic heterocycles. The Hall–Kier alpha value is -2.25. The van der Waals surface area contributed by atoms with Crippen molar-refractivity contribution in [3.63, 3.8) is 0 Å². The Kier molecular flexibility index (Phi) is 4.80. The molecule has 2 aromatic rings. The monoisotopic (exact) mass is 269 g/mol. The van der Waals surface area contributed by atoms with Crippen LogP contribution in [0.2, 0.25) is 0 Å². The first kappa shape index (κ1) is 14.2. The molecule has 3 nitrogen and oxygen atoms in total. The van der Waals surface area contributed by atoms with E-state index in [1.807, 2.05) is 31.2 Å². The standard InChI is InChI=1S/C16H16FN3/c1-2-20(12-15-5-3-4-8-19-15)11-14-9-13(10-18)6-7-16(14)17/h3-9H,2,11-12H2,1H3. The van der Waals surface area contributed by atoms with Crippen LogP contribution in [0, 0.1) is 17.1 Å². The van der Waals surface area contributed by atoms with Gasteiger partial charge in [-0.05, 0) is 36.9 Å². The number of pyridine rings is 1. The summed E-state index contributed by atoms with van der Waals surface area (Å²) in [5, 5.41) is 8.88. The topological polar surface area (TPSA) is 39.9 Å². The molecule has 0 radical (unpaired) electrons. The number of rotatable bonds is 5. The van der Waals surface area contributed by atoms with Gasteiger partial charge in [-0.15, -0.1) is 0 Å². The number of nitriles is 1. The maximum atomic E-state index is 13.8. The molecular formula is C16H16FN3. The predicted octanol–water partition coefficient (Wildman–Crippen LogP) is 3.11. The molecule has 0 atom stereocenters. The van der Waals surface area contributed by atoms with Crippen LogP contribution < -0.4 is 0 Å². The second kappa shape index (κ2) is 6.78. The first-order valence-corrected chi connectivity index (χ1v) is 6.53. The third-order valence-corrected chi connectivity index (χ3v) is 3.13. The summed E-state index contributed by atoms with van der Waals surface area (Å²) in [6, 6.07) is 12.2. The Morgan fingerprint density at radius 1 is 1.25 bits per heavy atom. The summed E-state index contributed by atoms with van der Waals surface area (Å²) in [6.45, 7) is 3.93. The summed E-state index contributed by atoms with van der Waals surface area (Å²) in [5.74, 6) is -0.275. The molecule has 0 bridgehead atoms. The van der Waals surface area contributed by atoms with E-state index in [2.05, 4.69) is 9.88 Å². The lowest BCUT2D eigenvalue weighted by atomic mass is 10.1. The van der Waals surface area contributed by atoms with E-state index >= 15 is 0 Å². The molecule has 1 aromatic carbocycles. The van der Waals surface area contributed by atoms with Crippen molar-refractivity contribution in [3.05, 3.63) is 65.2 Å². The zero-order chi connectivity index (χ0) is 14.4. The van der Waals surface area contributed by atoms with Crippen LogP contribution in [-0.4, -0.2) is 16.4 Å². The molecule has 0 saturated heterocycles. The van der Waals surface area contributed by atoms with Gasteiger partial charge in [0.1, 0.15) is 5.82 Å². The highest BCUT2D eigenvalue weighted by atomic mass is 19.1. The maximum absolute atomic E-state index is 13.8. The van der Waals surface area contributed by atoms with Gasteiger partial charge in [0.25, 0.3) is 0 Å². The van der Waals surface area contributed by atoms with E-state index < -0.39 is 0 Å². The Morgan fingerprint density at radius 2 is 2.10 bits per heavy atom. The zero-order valence-electron chi connectivity index (χ0n) is 11.4. The van der Waals surface area contributed by atoms with Gasteiger partial charge >= 0.3 is 0 Å². The highest BCUT2D eigenvalue weighted by Crippen LogP contribution is 2.14. The molecule has 0 aliphatic rings. The molecule has 0 unspecified atom stereocenters. The third-order valence-electron chi connectivity index (χ3n) is 3.13. The minimum atomic E-state index is -0.275. The summed E-state index contributed by atoms with van der Waals surface area (Å²) in [4.78, 5) is 6.36. The van der Waals surface area contributed by atoms with E-state index in [0.29, 0.717) is 24.2 Å². The number of hydrogen-bond acceptors (Lipinski definition) is 3. The van der Waals surface area contributed by atoms with Gasteiger partial charge in [-0.3, -0.25) is 9.88 Å². The van der Waals surface area contributed by atoms with Crippen LogP contribution in [0.4, 0.5) is 4.39 Å². The summed E-state index contributed by atoms with van der Waals surface area (Å²) < 4.78 is 13.8. The van der Waals surface area contributed by atoms with Crippen molar-refractivity contribution in [1.82, 2.24) is 9.88 Å². The van der Waals surface area contributed by atoms with Gasteiger partial charge in [0.2, 0.25) is 0 Å². The third kappa shape index (κ3) is 3.62. The summed E-state index contributed by atoms with van der Waals surface area (Å²) >= 11 is 0. The van der Waals surface area contributed by atoms with E-state index in [9.17, 15) is 4.39 Å². The second-order valence-electron chi connectivity index (χ2n) is 4.54. The van der Waals surface area contributed by atoms with Crippen LogP contribution in [0.5, 0.6) is 0 Å². The summed E-state index contributed by atoms with van der Waals surface area (Å²) in [5.41, 5.74) is 1.98. The SMILES string of the molecule is CCN(Cc1ccccn1)Cc1cc(C#N)ccc1F. The second-order valence-corrected chi connectivity index (χ2v) is 4.54. The van der Waals surface area contributed by atoms with Gasteiger partial charge in [0.05, 0.1) is 17.3 Å². The van der Waals surface area contributed by atoms with Gasteiger partial charge < -0.3 is 0 Å². The molecule has 20 heavy (non-hydrogen) atoms. The van der Waals surface area contributed by atoms with Crippen molar-refractivity contribution in [2.24, 2.45) is 0 Å². The first-order valence-electron chi connectivity index (χ1n) is 6.53. The van der Waals surface area contributed by atoms with E-state index in [4.69, 9.17) is 5.26 Å². The van der Waals surface area contributed by atoms with Gasteiger partial charge in [-0.1, -0.05) is 13.0 Å². The molecule has 0 aliphatic heterocycles. The molecule has 0 aliphatic carbocycles. The molecule has 102 valence electrons. The van der Waals surface area contributed by atoms with Crippen LogP contribution in [0.25, 0.3) is 0 Å². The number of nitrogens with zero attached hydrogens (tertiary/aromatic N) is 3. The maximum Gasteiger partial charge on any atom is 0.127 e. The lowest BCUT2D eigenvalue weighted by Crippen LogP contribution is -2.23. The van der Waals surface area contributed by atoms with E-state index in [1.54, 1.807) is 12.3 Å². The average Bonchev–Trinajstić information content (AvgIpc) is 2.49. The lowest BCUT2D eigenvalue weighted by molar-refractivity contribution is 0.264. The Balaban J connectivity index is 2.12. The highest BCUT2D eigenvalue weighted by Gasteiger charge is 2.10. The molecule has 0 N–H and O–H groups in total. The fraction of sp³-hybridized carbons (Fsp3) is 0.250. The summed E-state index contributed by atoms with van der Waals surface area (Å²) in [6.07, 6.45) is 1.75. The molecule has 0 fully saturated rings. The Morgan fingerprint density at radius 3 is 2.75 bits per heavy atom. The van der Waals surface area contributed by atoms with Crippen LogP contribution in [0.1, 0.15) is 23.7 Å². The van der Waals surface area contributed by atoms with Crippen LogP contribution in [0.15, 0.2) is 42.6 Å². The number of benzene rings is 1. The normalized spacial score (nSPS) is 10.5. The minimum absolute atomic E-state index is 0.275. The Labute approximate surface area is 118 Å². The fourth-order valence-electron chi connectivity index (χ4n) is 2.01. The summed E-state index contributed by atoms with van der Waals surface area (Å²) in [7, 11) is 0. The van der Waals surface area contributed by atoms with Gasteiger partial charge in [0.15, 0.2) is 0 Å². The van der Waals surface area contributed by atoms with Crippen LogP contribution in [-0.2, 0) is 13.1 Å². The van der Waals surface area contributed by atoms with E-state index in [1.165, 1.54) is 12.1 Å². The number of hydrogen-bond donors (Lipinski definition) is 0. The smallest absolute Gasteiger partial charge is 0.127 e. The number of halogens is 1. The van der Waals surface area contributed by atoms with Crippen LogP contribution in [0.3, 0.4) is 0 Å². The Bertz CT molecular complexity index is 605. The van der Waals surface area contributed by atoms with Crippen molar-refractivity contribution < 1.29 is 4.39 Å². The van der Waals surface area contributed by atoms with Crippen molar-refractivity contribution >= 4 is 0 Å². The largest absolute Gasteiger partial charge is 0.293 e. The van der Waals surface area contributed by atoms with Gasteiger partial charge in [0, 0.05) is 24.8 Å². The van der Waals surface area contributed by atoms with Gasteiger partial charge in [-0.25, -0.2) is 4.39 Å². The predicted molar refractivity (Wildman–Crippen MR) is 75.1 cm³/mol. The lowest BCUT2D eigenvalue weighted by Gasteiger charge is -2.20. The molecule has 0 spiro atoms. The number of aromatic nitrogens is 1. The van der Waals surface area contributed by atoms with Crippen molar-refractivity contribution in [2.45, 2.75) is 20.0 Å². The van der Waals surface area contributed by atoms with Crippen molar-refractivity contribution in [3.8, 4) is 6.07 Å². The highest BCUT2D eigenvalue weighted by molar-refractivity contribution is 5.33. The van der Waals surface area contributed by atoms with E-state index in [0.717, 1.165) is 12.2 Å². The van der Waals surface area contributed by atoms with Crippen molar-refractivity contribution in [1.29, 1.82) is 5.26 Å². The molecule has 0 amide bonds. The van der Waals surface area contributed by atoms with Crippen molar-refractivity contribution in [2.75, 3.05) is 6.54 Å². The fourth-order valence-corrected chi connectivity index (χ4v) is 2.01. The van der Waals surface area contributed by atoms with Crippen LogP contribution >= 0.6 is 0 Å². The van der Waals surface area contributed by atoms with Gasteiger partial charge in [-0.2, -0.15) is 5.26 Å². The molecule has 4 heteroatoms. The average molecular weight is 269 g/mol. The van der Waals surface area contributed by atoms with E-state index in [-0.39, 0.29) is 5.82 Å². The molecule has 2 rings (SSSR count). The first-order chi connectivity index (χ1) is 9.72. The quantitative estimate of drug-likeness (QED) is 0.837. The molecule has 1 heterocycles. The molecule has 0 saturated carbocycles. The molecular weight excluding hydrogens is 253 g/mol.